The summed E-state index contributed by atoms with van der Waals surface area (Å²) in [5, 5.41) is 15.9. The highest BCUT2D eigenvalue weighted by molar-refractivity contribution is 7.14. The van der Waals surface area contributed by atoms with Gasteiger partial charge in [-0.1, -0.05) is 18.2 Å². The monoisotopic (exact) mass is 369 g/mol. The van der Waals surface area contributed by atoms with Gasteiger partial charge in [0.2, 0.25) is 0 Å². The van der Waals surface area contributed by atoms with E-state index < -0.39 is 10.8 Å². The Morgan fingerprint density at radius 3 is 2.77 bits per heavy atom. The molecule has 0 atom stereocenters. The van der Waals surface area contributed by atoms with Crippen molar-refractivity contribution < 1.29 is 14.5 Å². The second-order valence-corrected chi connectivity index (χ2v) is 6.31. The van der Waals surface area contributed by atoms with E-state index in [-0.39, 0.29) is 11.3 Å². The van der Waals surface area contributed by atoms with E-state index in [0.29, 0.717) is 22.1 Å². The maximum Gasteiger partial charge on any atom is 0.273 e. The molecule has 0 aliphatic heterocycles. The van der Waals surface area contributed by atoms with E-state index in [0.717, 1.165) is 5.56 Å². The molecule has 1 N–H and O–H groups in total. The summed E-state index contributed by atoms with van der Waals surface area (Å²) in [7, 11) is 1.58. The zero-order chi connectivity index (χ0) is 18.7. The van der Waals surface area contributed by atoms with E-state index in [2.05, 4.69) is 10.3 Å². The maximum absolute atomic E-state index is 12.4. The van der Waals surface area contributed by atoms with Crippen LogP contribution in [-0.4, -0.2) is 22.9 Å². The Morgan fingerprint density at radius 2 is 2.04 bits per heavy atom. The first-order valence-corrected chi connectivity index (χ1v) is 8.53. The summed E-state index contributed by atoms with van der Waals surface area (Å²) in [6.45, 7) is 1.63. The zero-order valence-electron chi connectivity index (χ0n) is 14.1. The Balaban J connectivity index is 1.82. The third-order valence-corrected chi connectivity index (χ3v) is 4.53. The minimum atomic E-state index is -0.505. The number of benzene rings is 2. The molecule has 0 fully saturated rings. The molecule has 0 radical (unpaired) electrons. The van der Waals surface area contributed by atoms with Crippen LogP contribution in [0.3, 0.4) is 0 Å². The van der Waals surface area contributed by atoms with Crippen LogP contribution in [0.5, 0.6) is 5.75 Å². The molecule has 26 heavy (non-hydrogen) atoms. The standard InChI is InChI=1S/C18H15N3O4S/c1-11-7-8-12(9-15(11)21(23)24)17(22)20-18-19-14(10-26-18)13-5-3-4-6-16(13)25-2/h3-10H,1-2H3,(H,19,20,22). The van der Waals surface area contributed by atoms with Crippen molar-refractivity contribution in [2.45, 2.75) is 6.92 Å². The maximum atomic E-state index is 12.4. The van der Waals surface area contributed by atoms with Crippen molar-refractivity contribution in [1.82, 2.24) is 4.98 Å². The molecule has 2 aromatic carbocycles. The van der Waals surface area contributed by atoms with Gasteiger partial charge in [-0.3, -0.25) is 20.2 Å². The molecular formula is C18H15N3O4S. The summed E-state index contributed by atoms with van der Waals surface area (Å²) in [4.78, 5) is 27.3. The summed E-state index contributed by atoms with van der Waals surface area (Å²) in [6.07, 6.45) is 0. The van der Waals surface area contributed by atoms with Crippen LogP contribution >= 0.6 is 11.3 Å². The molecule has 1 heterocycles. The number of nitrogens with zero attached hydrogens (tertiary/aromatic N) is 2. The van der Waals surface area contributed by atoms with Crippen LogP contribution in [-0.2, 0) is 0 Å². The highest BCUT2D eigenvalue weighted by Gasteiger charge is 2.16. The number of methoxy groups -OCH3 is 1. The number of thiazole rings is 1. The fourth-order valence-corrected chi connectivity index (χ4v) is 3.13. The number of hydrogen-bond donors (Lipinski definition) is 1. The third kappa shape index (κ3) is 3.55. The van der Waals surface area contributed by atoms with E-state index in [1.807, 2.05) is 29.6 Å². The molecule has 3 aromatic rings. The smallest absolute Gasteiger partial charge is 0.273 e. The van der Waals surface area contributed by atoms with Gasteiger partial charge < -0.3 is 4.74 Å². The Bertz CT molecular complexity index is 984. The van der Waals surface area contributed by atoms with E-state index in [1.54, 1.807) is 26.2 Å². The Morgan fingerprint density at radius 1 is 1.27 bits per heavy atom. The third-order valence-electron chi connectivity index (χ3n) is 3.78. The summed E-state index contributed by atoms with van der Waals surface area (Å²) in [5.41, 5.74) is 2.11. The van der Waals surface area contributed by atoms with Gasteiger partial charge in [0.15, 0.2) is 5.13 Å². The summed E-state index contributed by atoms with van der Waals surface area (Å²) >= 11 is 1.27. The number of aryl methyl sites for hydroxylation is 1. The molecule has 8 heteroatoms. The first-order chi connectivity index (χ1) is 12.5. The number of anilines is 1. The van der Waals surface area contributed by atoms with Crippen molar-refractivity contribution >= 4 is 28.1 Å². The molecule has 0 saturated heterocycles. The van der Waals surface area contributed by atoms with Gasteiger partial charge in [0.05, 0.1) is 17.7 Å². The molecule has 0 unspecified atom stereocenters. The van der Waals surface area contributed by atoms with Crippen molar-refractivity contribution in [2.24, 2.45) is 0 Å². The number of carbonyl (C=O) groups excluding carboxylic acids is 1. The van der Waals surface area contributed by atoms with Crippen molar-refractivity contribution in [3.8, 4) is 17.0 Å². The number of nitro groups is 1. The predicted molar refractivity (Wildman–Crippen MR) is 99.9 cm³/mol. The quantitative estimate of drug-likeness (QED) is 0.535. The Kier molecular flexibility index (Phi) is 4.94. The fourth-order valence-electron chi connectivity index (χ4n) is 2.43. The molecule has 3 rings (SSSR count). The fraction of sp³-hybridized carbons (Fsp3) is 0.111. The SMILES string of the molecule is COc1ccccc1-c1csc(NC(=O)c2ccc(C)c([N+](=O)[O-])c2)n1. The molecule has 1 aromatic heterocycles. The number of aromatic nitrogens is 1. The average Bonchev–Trinajstić information content (AvgIpc) is 3.10. The summed E-state index contributed by atoms with van der Waals surface area (Å²) in [6, 6.07) is 11.8. The largest absolute Gasteiger partial charge is 0.496 e. The number of para-hydroxylation sites is 1. The van der Waals surface area contributed by atoms with Crippen molar-refractivity contribution in [3.63, 3.8) is 0 Å². The highest BCUT2D eigenvalue weighted by Crippen LogP contribution is 2.32. The van der Waals surface area contributed by atoms with Crippen LogP contribution in [0.1, 0.15) is 15.9 Å². The van der Waals surface area contributed by atoms with Crippen LogP contribution in [0.25, 0.3) is 11.3 Å². The molecule has 132 valence electrons. The van der Waals surface area contributed by atoms with E-state index in [1.165, 1.54) is 17.4 Å². The number of rotatable bonds is 5. The Labute approximate surface area is 153 Å². The van der Waals surface area contributed by atoms with E-state index in [9.17, 15) is 14.9 Å². The van der Waals surface area contributed by atoms with Gasteiger partial charge in [0.25, 0.3) is 11.6 Å². The van der Waals surface area contributed by atoms with E-state index >= 15 is 0 Å². The minimum Gasteiger partial charge on any atom is -0.496 e. The van der Waals surface area contributed by atoms with Gasteiger partial charge in [-0.05, 0) is 25.1 Å². The first kappa shape index (κ1) is 17.6. The molecule has 0 aliphatic rings. The topological polar surface area (TPSA) is 94.4 Å². The highest BCUT2D eigenvalue weighted by atomic mass is 32.1. The molecular weight excluding hydrogens is 354 g/mol. The molecule has 0 aliphatic carbocycles. The number of nitro benzene ring substituents is 1. The van der Waals surface area contributed by atoms with Crippen LogP contribution in [0.15, 0.2) is 47.8 Å². The Hall–Kier alpha value is -3.26. The molecule has 0 bridgehead atoms. The van der Waals surface area contributed by atoms with Crippen LogP contribution < -0.4 is 10.1 Å². The zero-order valence-corrected chi connectivity index (χ0v) is 14.9. The minimum absolute atomic E-state index is 0.0912. The lowest BCUT2D eigenvalue weighted by Crippen LogP contribution is -2.12. The van der Waals surface area contributed by atoms with Gasteiger partial charge in [-0.15, -0.1) is 11.3 Å². The first-order valence-electron chi connectivity index (χ1n) is 7.65. The molecule has 0 spiro atoms. The lowest BCUT2D eigenvalue weighted by atomic mass is 10.1. The van der Waals surface area contributed by atoms with Gasteiger partial charge in [-0.25, -0.2) is 4.98 Å². The van der Waals surface area contributed by atoms with Gasteiger partial charge >= 0.3 is 0 Å². The summed E-state index contributed by atoms with van der Waals surface area (Å²) in [5.74, 6) is 0.235. The normalized spacial score (nSPS) is 10.4. The van der Waals surface area contributed by atoms with Gasteiger partial charge in [0, 0.05) is 28.1 Å². The second kappa shape index (κ2) is 7.32. The second-order valence-electron chi connectivity index (χ2n) is 5.45. The van der Waals surface area contributed by atoms with Crippen LogP contribution in [0.2, 0.25) is 0 Å². The van der Waals surface area contributed by atoms with Crippen molar-refractivity contribution in [1.29, 1.82) is 0 Å². The number of nitrogens with one attached hydrogen (secondary N) is 1. The molecule has 7 nitrogen and oxygen atoms in total. The van der Waals surface area contributed by atoms with Gasteiger partial charge in [-0.2, -0.15) is 0 Å². The van der Waals surface area contributed by atoms with Gasteiger partial charge in [0.1, 0.15) is 5.75 Å². The predicted octanol–water partition coefficient (Wildman–Crippen LogP) is 4.29. The molecule has 0 saturated carbocycles. The number of hydrogen-bond acceptors (Lipinski definition) is 6. The lowest BCUT2D eigenvalue weighted by Gasteiger charge is -2.05. The van der Waals surface area contributed by atoms with Crippen molar-refractivity contribution in [3.05, 3.63) is 69.1 Å². The van der Waals surface area contributed by atoms with Crippen LogP contribution in [0, 0.1) is 17.0 Å². The van der Waals surface area contributed by atoms with Crippen LogP contribution in [0.4, 0.5) is 10.8 Å². The summed E-state index contributed by atoms with van der Waals surface area (Å²) < 4.78 is 5.32. The lowest BCUT2D eigenvalue weighted by molar-refractivity contribution is -0.385. The average molecular weight is 369 g/mol. The number of ether oxygens (including phenoxy) is 1. The van der Waals surface area contributed by atoms with Crippen molar-refractivity contribution in [2.75, 3.05) is 12.4 Å². The number of amides is 1. The number of carbonyl (C=O) groups is 1. The van der Waals surface area contributed by atoms with E-state index in [4.69, 9.17) is 4.74 Å². The molecule has 1 amide bonds.